The number of ether oxygens (including phenoxy) is 2. The summed E-state index contributed by atoms with van der Waals surface area (Å²) in [5, 5.41) is 3.07. The van der Waals surface area contributed by atoms with Crippen molar-refractivity contribution in [2.45, 2.75) is 38.8 Å². The zero-order valence-electron chi connectivity index (χ0n) is 17.8. The van der Waals surface area contributed by atoms with Crippen molar-refractivity contribution >= 4 is 52.1 Å². The third-order valence-corrected chi connectivity index (χ3v) is 5.41. The summed E-state index contributed by atoms with van der Waals surface area (Å²) in [6.45, 7) is 7.27. The first-order chi connectivity index (χ1) is 14.6. The molecule has 3 heterocycles. The van der Waals surface area contributed by atoms with Crippen molar-refractivity contribution in [3.8, 4) is 0 Å². The van der Waals surface area contributed by atoms with E-state index >= 15 is 0 Å². The van der Waals surface area contributed by atoms with Crippen LogP contribution in [-0.2, 0) is 14.3 Å². The third-order valence-electron chi connectivity index (χ3n) is 4.61. The van der Waals surface area contributed by atoms with Crippen molar-refractivity contribution in [2.75, 3.05) is 32.5 Å². The van der Waals surface area contributed by atoms with Crippen LogP contribution in [0, 0.1) is 5.92 Å². The summed E-state index contributed by atoms with van der Waals surface area (Å²) in [6, 6.07) is -0.0375. The number of nitrogens with one attached hydrogen (secondary N) is 1. The van der Waals surface area contributed by atoms with Gasteiger partial charge in [-0.2, -0.15) is 4.99 Å². The number of carbonyl (C=O) groups is 2. The molecule has 0 bridgehead atoms. The predicted molar refractivity (Wildman–Crippen MR) is 118 cm³/mol. The number of hydrogen-bond donors (Lipinski definition) is 1. The van der Waals surface area contributed by atoms with Crippen molar-refractivity contribution in [1.82, 2.24) is 10.2 Å². The largest absolute Gasteiger partial charge is 0.480 e. The molecule has 0 aromatic rings. The number of nitrogens with zero attached hydrogens (tertiary/aromatic N) is 4. The van der Waals surface area contributed by atoms with Crippen LogP contribution in [0.3, 0.4) is 0 Å². The Morgan fingerprint density at radius 1 is 1.35 bits per heavy atom. The van der Waals surface area contributed by atoms with Crippen molar-refractivity contribution in [1.29, 1.82) is 0 Å². The number of aliphatic imine (C=N–C) groups is 3. The molecule has 3 aliphatic rings. The van der Waals surface area contributed by atoms with Crippen LogP contribution in [0.2, 0.25) is 0 Å². The fraction of sp³-hybridized carbons (Fsp3) is 0.632. The third kappa shape index (κ3) is 5.83. The summed E-state index contributed by atoms with van der Waals surface area (Å²) < 4.78 is 25.5. The molecule has 12 heteroatoms. The lowest BCUT2D eigenvalue weighted by Gasteiger charge is -2.35. The zero-order chi connectivity index (χ0) is 22.8. The number of thioether (sulfide) groups is 1. The van der Waals surface area contributed by atoms with E-state index in [0.29, 0.717) is 26.1 Å². The van der Waals surface area contributed by atoms with Gasteiger partial charge in [-0.1, -0.05) is 23.4 Å². The lowest BCUT2D eigenvalue weighted by Crippen LogP contribution is -2.53. The van der Waals surface area contributed by atoms with Crippen LogP contribution in [-0.4, -0.2) is 77.8 Å². The van der Waals surface area contributed by atoms with Gasteiger partial charge in [-0.3, -0.25) is 4.79 Å². The van der Waals surface area contributed by atoms with Gasteiger partial charge in [-0.15, -0.1) is 0 Å². The molecular formula is C19H25ClFN5O4S. The molecule has 31 heavy (non-hydrogen) atoms. The van der Waals surface area contributed by atoms with Gasteiger partial charge < -0.3 is 19.7 Å². The minimum Gasteiger partial charge on any atom is -0.480 e. The SMILES string of the molecule is CSC1=NC(=O)C2C(OCC[C@H]3CN(C(=O)OC(C)(C)C)CCN3)=NC(Cl)=C(F)C2=N1. The number of piperazine rings is 1. The van der Waals surface area contributed by atoms with Gasteiger partial charge >= 0.3 is 6.09 Å². The number of amides is 2. The number of allylic oxidation sites excluding steroid dienone is 1. The summed E-state index contributed by atoms with van der Waals surface area (Å²) in [7, 11) is 0. The van der Waals surface area contributed by atoms with E-state index in [0.717, 1.165) is 11.8 Å². The van der Waals surface area contributed by atoms with Crippen molar-refractivity contribution < 1.29 is 23.5 Å². The Bertz CT molecular complexity index is 883. The second-order valence-electron chi connectivity index (χ2n) is 8.14. The fourth-order valence-corrected chi connectivity index (χ4v) is 3.76. The number of halogens is 2. The summed E-state index contributed by atoms with van der Waals surface area (Å²) in [5.74, 6) is -2.62. The van der Waals surface area contributed by atoms with Gasteiger partial charge in [0.05, 0.1) is 6.61 Å². The Kier molecular flexibility index (Phi) is 7.38. The molecule has 1 unspecified atom stereocenters. The Labute approximate surface area is 189 Å². The summed E-state index contributed by atoms with van der Waals surface area (Å²) in [6.07, 6.45) is 1.85. The maximum Gasteiger partial charge on any atom is 0.410 e. The first-order valence-corrected chi connectivity index (χ1v) is 11.4. The number of carbonyl (C=O) groups excluding carboxylic acids is 2. The minimum absolute atomic E-state index is 0.0288. The first kappa shape index (κ1) is 23.7. The van der Waals surface area contributed by atoms with E-state index in [1.165, 1.54) is 0 Å². The molecule has 3 aliphatic heterocycles. The first-order valence-electron chi connectivity index (χ1n) is 9.82. The summed E-state index contributed by atoms with van der Waals surface area (Å²) in [5.41, 5.74) is -0.696. The van der Waals surface area contributed by atoms with Crippen LogP contribution in [0.5, 0.6) is 0 Å². The van der Waals surface area contributed by atoms with Crippen LogP contribution in [0.4, 0.5) is 9.18 Å². The smallest absolute Gasteiger partial charge is 0.410 e. The number of rotatable bonds is 3. The maximum absolute atomic E-state index is 14.4. The Morgan fingerprint density at radius 3 is 2.77 bits per heavy atom. The van der Waals surface area contributed by atoms with E-state index in [2.05, 4.69) is 20.3 Å². The topological polar surface area (TPSA) is 105 Å². The molecule has 2 atom stereocenters. The highest BCUT2D eigenvalue weighted by Crippen LogP contribution is 2.30. The number of hydrogen-bond acceptors (Lipinski definition) is 8. The second kappa shape index (κ2) is 9.66. The van der Waals surface area contributed by atoms with E-state index in [1.54, 1.807) is 11.2 Å². The Morgan fingerprint density at radius 2 is 2.10 bits per heavy atom. The molecule has 1 fully saturated rings. The molecule has 1 saturated heterocycles. The van der Waals surface area contributed by atoms with Gasteiger partial charge in [0.2, 0.25) is 5.90 Å². The van der Waals surface area contributed by atoms with Crippen LogP contribution in [0.1, 0.15) is 27.2 Å². The van der Waals surface area contributed by atoms with E-state index in [9.17, 15) is 14.0 Å². The molecule has 0 saturated carbocycles. The quantitative estimate of drug-likeness (QED) is 0.632. The van der Waals surface area contributed by atoms with E-state index in [-0.39, 0.29) is 35.5 Å². The molecule has 0 aliphatic carbocycles. The number of amidine groups is 1. The molecule has 1 N–H and O–H groups in total. The van der Waals surface area contributed by atoms with Gasteiger partial charge in [-0.25, -0.2) is 19.2 Å². The molecule has 9 nitrogen and oxygen atoms in total. The molecule has 170 valence electrons. The molecule has 0 radical (unpaired) electrons. The number of fused-ring (bicyclic) bond motifs is 1. The Balaban J connectivity index is 1.60. The van der Waals surface area contributed by atoms with Gasteiger partial charge in [-0.05, 0) is 33.4 Å². The van der Waals surface area contributed by atoms with Crippen molar-refractivity contribution in [3.05, 3.63) is 11.0 Å². The van der Waals surface area contributed by atoms with Gasteiger partial charge in [0, 0.05) is 25.7 Å². The van der Waals surface area contributed by atoms with E-state index in [1.807, 2.05) is 20.8 Å². The lowest BCUT2D eigenvalue weighted by atomic mass is 9.98. The predicted octanol–water partition coefficient (Wildman–Crippen LogP) is 2.71. The minimum atomic E-state index is -1.14. The highest BCUT2D eigenvalue weighted by Gasteiger charge is 2.41. The molecule has 0 spiro atoms. The molecular weight excluding hydrogens is 449 g/mol. The molecule has 0 aromatic carbocycles. The lowest BCUT2D eigenvalue weighted by molar-refractivity contribution is -0.118. The molecule has 0 aromatic heterocycles. The van der Waals surface area contributed by atoms with E-state index < -0.39 is 28.4 Å². The highest BCUT2D eigenvalue weighted by molar-refractivity contribution is 8.13. The van der Waals surface area contributed by atoms with Crippen LogP contribution in [0.25, 0.3) is 0 Å². The monoisotopic (exact) mass is 473 g/mol. The second-order valence-corrected chi connectivity index (χ2v) is 9.27. The van der Waals surface area contributed by atoms with Gasteiger partial charge in [0.1, 0.15) is 11.3 Å². The average molecular weight is 474 g/mol. The summed E-state index contributed by atoms with van der Waals surface area (Å²) in [4.78, 5) is 38.2. The van der Waals surface area contributed by atoms with Crippen LogP contribution < -0.4 is 5.32 Å². The summed E-state index contributed by atoms with van der Waals surface area (Å²) >= 11 is 7.01. The normalized spacial score (nSPS) is 24.3. The van der Waals surface area contributed by atoms with E-state index in [4.69, 9.17) is 21.1 Å². The van der Waals surface area contributed by atoms with Crippen molar-refractivity contribution in [3.63, 3.8) is 0 Å². The highest BCUT2D eigenvalue weighted by atomic mass is 35.5. The standard InChI is InChI=1S/C19H25ClFN5O4S/c1-19(2,3)30-18(28)26-7-6-22-10(9-26)5-8-29-16-11-13(12(21)14(20)24-16)23-17(31-4)25-15(11)27/h10-11,22H,5-9H2,1-4H3/t10-,11?/m0/s1. The average Bonchev–Trinajstić information content (AvgIpc) is 2.70. The molecule has 2 amide bonds. The van der Waals surface area contributed by atoms with Crippen molar-refractivity contribution in [2.24, 2.45) is 20.9 Å². The zero-order valence-corrected chi connectivity index (χ0v) is 19.3. The maximum atomic E-state index is 14.4. The molecule has 3 rings (SSSR count). The van der Waals surface area contributed by atoms with Crippen LogP contribution >= 0.6 is 23.4 Å². The Hall–Kier alpha value is -1.98. The fourth-order valence-electron chi connectivity index (χ4n) is 3.21. The van der Waals surface area contributed by atoms with Gasteiger partial charge in [0.15, 0.2) is 22.1 Å². The van der Waals surface area contributed by atoms with Crippen LogP contribution in [0.15, 0.2) is 26.0 Å². The van der Waals surface area contributed by atoms with Gasteiger partial charge in [0.25, 0.3) is 5.91 Å².